The number of hydrogen-bond acceptors (Lipinski definition) is 4. The SMILES string of the molecule is CCc1ccc(NC2=C(c3ccc(C)cc3C)C(=O)N(Cc3ccncc3)C2=O)cc1. The lowest BCUT2D eigenvalue weighted by Gasteiger charge is -2.15. The molecule has 5 heteroatoms. The van der Waals surface area contributed by atoms with Gasteiger partial charge in [0.2, 0.25) is 0 Å². The third kappa shape index (κ3) is 4.12. The maximum atomic E-state index is 13.5. The highest BCUT2D eigenvalue weighted by atomic mass is 16.2. The van der Waals surface area contributed by atoms with E-state index in [2.05, 4.69) is 17.2 Å². The van der Waals surface area contributed by atoms with E-state index < -0.39 is 0 Å². The van der Waals surface area contributed by atoms with E-state index in [1.165, 1.54) is 10.5 Å². The van der Waals surface area contributed by atoms with Crippen LogP contribution in [-0.2, 0) is 22.6 Å². The van der Waals surface area contributed by atoms with Crippen LogP contribution in [-0.4, -0.2) is 21.7 Å². The lowest BCUT2D eigenvalue weighted by atomic mass is 9.97. The quantitative estimate of drug-likeness (QED) is 0.600. The Labute approximate surface area is 182 Å². The highest BCUT2D eigenvalue weighted by molar-refractivity contribution is 6.36. The van der Waals surface area contributed by atoms with Crippen LogP contribution >= 0.6 is 0 Å². The summed E-state index contributed by atoms with van der Waals surface area (Å²) in [5.41, 5.74) is 6.41. The summed E-state index contributed by atoms with van der Waals surface area (Å²) in [5, 5.41) is 3.23. The van der Waals surface area contributed by atoms with Crippen LogP contribution < -0.4 is 5.32 Å². The second-order valence-corrected chi connectivity index (χ2v) is 7.80. The molecule has 5 nitrogen and oxygen atoms in total. The summed E-state index contributed by atoms with van der Waals surface area (Å²) >= 11 is 0. The molecule has 2 heterocycles. The van der Waals surface area contributed by atoms with Gasteiger partial charge in [-0.2, -0.15) is 0 Å². The number of pyridine rings is 1. The molecular formula is C26H25N3O2. The first-order valence-electron chi connectivity index (χ1n) is 10.4. The summed E-state index contributed by atoms with van der Waals surface area (Å²) < 4.78 is 0. The molecule has 1 aromatic heterocycles. The summed E-state index contributed by atoms with van der Waals surface area (Å²) in [6, 6.07) is 17.5. The van der Waals surface area contributed by atoms with Gasteiger partial charge in [0.15, 0.2) is 0 Å². The number of carbonyl (C=O) groups excluding carboxylic acids is 2. The Morgan fingerprint density at radius 1 is 0.871 bits per heavy atom. The van der Waals surface area contributed by atoms with E-state index in [0.29, 0.717) is 11.3 Å². The summed E-state index contributed by atoms with van der Waals surface area (Å²) in [5.74, 6) is -0.613. The third-order valence-electron chi connectivity index (χ3n) is 5.54. The van der Waals surface area contributed by atoms with Gasteiger partial charge >= 0.3 is 0 Å². The first kappa shape index (κ1) is 20.5. The zero-order valence-electron chi connectivity index (χ0n) is 18.0. The largest absolute Gasteiger partial charge is 0.350 e. The molecule has 0 fully saturated rings. The van der Waals surface area contributed by atoms with Crippen molar-refractivity contribution in [2.75, 3.05) is 5.32 Å². The van der Waals surface area contributed by atoms with Gasteiger partial charge in [-0.3, -0.25) is 19.5 Å². The van der Waals surface area contributed by atoms with E-state index >= 15 is 0 Å². The first-order valence-corrected chi connectivity index (χ1v) is 10.4. The fraction of sp³-hybridized carbons (Fsp3) is 0.192. The molecule has 0 saturated carbocycles. The molecule has 0 aliphatic carbocycles. The van der Waals surface area contributed by atoms with Crippen LogP contribution in [0.15, 0.2) is 72.7 Å². The summed E-state index contributed by atoms with van der Waals surface area (Å²) in [7, 11) is 0. The van der Waals surface area contributed by atoms with E-state index in [0.717, 1.165) is 34.4 Å². The van der Waals surface area contributed by atoms with E-state index in [1.807, 2.05) is 68.4 Å². The molecule has 3 aromatic rings. The fourth-order valence-corrected chi connectivity index (χ4v) is 3.82. The minimum absolute atomic E-state index is 0.203. The zero-order chi connectivity index (χ0) is 22.0. The third-order valence-corrected chi connectivity index (χ3v) is 5.54. The van der Waals surface area contributed by atoms with Crippen LogP contribution in [0.25, 0.3) is 5.57 Å². The Bertz CT molecular complexity index is 1170. The maximum absolute atomic E-state index is 13.5. The van der Waals surface area contributed by atoms with E-state index in [1.54, 1.807) is 12.4 Å². The lowest BCUT2D eigenvalue weighted by Crippen LogP contribution is -2.32. The number of rotatable bonds is 6. The highest BCUT2D eigenvalue weighted by Gasteiger charge is 2.39. The van der Waals surface area contributed by atoms with Crippen molar-refractivity contribution in [2.24, 2.45) is 0 Å². The second kappa shape index (κ2) is 8.56. The Morgan fingerprint density at radius 2 is 1.58 bits per heavy atom. The van der Waals surface area contributed by atoms with Crippen LogP contribution in [0.5, 0.6) is 0 Å². The number of carbonyl (C=O) groups is 2. The van der Waals surface area contributed by atoms with Crippen molar-refractivity contribution in [3.63, 3.8) is 0 Å². The number of benzene rings is 2. The van der Waals surface area contributed by atoms with E-state index in [9.17, 15) is 9.59 Å². The molecule has 0 radical (unpaired) electrons. The molecule has 0 unspecified atom stereocenters. The van der Waals surface area contributed by atoms with Crippen molar-refractivity contribution in [1.82, 2.24) is 9.88 Å². The van der Waals surface area contributed by atoms with Gasteiger partial charge in [0.05, 0.1) is 12.1 Å². The van der Waals surface area contributed by atoms with E-state index in [-0.39, 0.29) is 18.4 Å². The van der Waals surface area contributed by atoms with Crippen molar-refractivity contribution in [2.45, 2.75) is 33.7 Å². The summed E-state index contributed by atoms with van der Waals surface area (Å²) in [6.07, 6.45) is 4.26. The highest BCUT2D eigenvalue weighted by Crippen LogP contribution is 2.33. The first-order chi connectivity index (χ1) is 15.0. The van der Waals surface area contributed by atoms with E-state index in [4.69, 9.17) is 0 Å². The molecule has 4 rings (SSSR count). The number of amides is 2. The molecule has 0 atom stereocenters. The predicted octanol–water partition coefficient (Wildman–Crippen LogP) is 4.65. The van der Waals surface area contributed by atoms with Crippen molar-refractivity contribution in [3.05, 3.63) is 101 Å². The Kier molecular flexibility index (Phi) is 5.67. The summed E-state index contributed by atoms with van der Waals surface area (Å²) in [4.78, 5) is 32.1. The van der Waals surface area contributed by atoms with Gasteiger partial charge in [0.1, 0.15) is 5.70 Å². The summed E-state index contributed by atoms with van der Waals surface area (Å²) in [6.45, 7) is 6.27. The molecule has 31 heavy (non-hydrogen) atoms. The van der Waals surface area contributed by atoms with Crippen LogP contribution in [0.2, 0.25) is 0 Å². The number of nitrogens with one attached hydrogen (secondary N) is 1. The molecule has 156 valence electrons. The molecule has 2 amide bonds. The van der Waals surface area contributed by atoms with Gasteiger partial charge in [-0.05, 0) is 66.8 Å². The minimum Gasteiger partial charge on any atom is -0.350 e. The molecule has 1 aliphatic heterocycles. The smallest absolute Gasteiger partial charge is 0.278 e. The molecule has 0 bridgehead atoms. The van der Waals surface area contributed by atoms with Gasteiger partial charge in [-0.25, -0.2) is 0 Å². The van der Waals surface area contributed by atoms with Crippen LogP contribution in [0.3, 0.4) is 0 Å². The predicted molar refractivity (Wildman–Crippen MR) is 122 cm³/mol. The fourth-order valence-electron chi connectivity index (χ4n) is 3.82. The number of nitrogens with zero attached hydrogens (tertiary/aromatic N) is 2. The van der Waals surface area contributed by atoms with Gasteiger partial charge in [0, 0.05) is 18.1 Å². The molecule has 1 N–H and O–H groups in total. The van der Waals surface area contributed by atoms with Crippen molar-refractivity contribution in [1.29, 1.82) is 0 Å². The normalized spacial score (nSPS) is 13.8. The van der Waals surface area contributed by atoms with Gasteiger partial charge in [-0.1, -0.05) is 42.8 Å². The second-order valence-electron chi connectivity index (χ2n) is 7.80. The average Bonchev–Trinajstić information content (AvgIpc) is 2.99. The van der Waals surface area contributed by atoms with Crippen LogP contribution in [0, 0.1) is 13.8 Å². The van der Waals surface area contributed by atoms with Gasteiger partial charge < -0.3 is 5.32 Å². The molecule has 1 aliphatic rings. The Balaban J connectivity index is 1.76. The van der Waals surface area contributed by atoms with Gasteiger partial charge in [0.25, 0.3) is 11.8 Å². The number of anilines is 1. The molecule has 0 saturated heterocycles. The van der Waals surface area contributed by atoms with Crippen molar-refractivity contribution >= 4 is 23.1 Å². The molecule has 0 spiro atoms. The molecule has 2 aromatic carbocycles. The number of aromatic nitrogens is 1. The standard InChI is InChI=1S/C26H25N3O2/c1-4-19-6-8-21(9-7-19)28-24-23(22-10-5-17(2)15-18(22)3)25(30)29(26(24)31)16-20-11-13-27-14-12-20/h5-15,28H,4,16H2,1-3H3. The monoisotopic (exact) mass is 411 g/mol. The Hall–Kier alpha value is -3.73. The Morgan fingerprint density at radius 3 is 2.23 bits per heavy atom. The number of hydrogen-bond donors (Lipinski definition) is 1. The average molecular weight is 412 g/mol. The maximum Gasteiger partial charge on any atom is 0.278 e. The van der Waals surface area contributed by atoms with Crippen LogP contribution in [0.1, 0.15) is 34.7 Å². The number of aryl methyl sites for hydroxylation is 3. The van der Waals surface area contributed by atoms with Crippen molar-refractivity contribution in [3.8, 4) is 0 Å². The number of imide groups is 1. The van der Waals surface area contributed by atoms with Gasteiger partial charge in [-0.15, -0.1) is 0 Å². The molecular weight excluding hydrogens is 386 g/mol. The lowest BCUT2D eigenvalue weighted by molar-refractivity contribution is -0.137. The zero-order valence-corrected chi connectivity index (χ0v) is 18.0. The minimum atomic E-state index is -0.323. The topological polar surface area (TPSA) is 62.3 Å². The van der Waals surface area contributed by atoms with Crippen molar-refractivity contribution < 1.29 is 9.59 Å². The van der Waals surface area contributed by atoms with Crippen LogP contribution in [0.4, 0.5) is 5.69 Å².